The SMILES string of the molecule is CNOC.Cl.O=C(O)CCC1CCCCC1. The minimum atomic E-state index is -0.643. The van der Waals surface area contributed by atoms with Crippen molar-refractivity contribution >= 4 is 18.4 Å². The van der Waals surface area contributed by atoms with E-state index in [2.05, 4.69) is 10.3 Å². The van der Waals surface area contributed by atoms with Crippen LogP contribution in [0.5, 0.6) is 0 Å². The summed E-state index contributed by atoms with van der Waals surface area (Å²) in [5.41, 5.74) is 2.43. The first-order chi connectivity index (χ1) is 7.20. The van der Waals surface area contributed by atoms with Crippen molar-refractivity contribution in [1.82, 2.24) is 5.48 Å². The normalized spacial score (nSPS) is 15.6. The molecule has 0 saturated heterocycles. The molecule has 0 aromatic heterocycles. The Labute approximate surface area is 104 Å². The van der Waals surface area contributed by atoms with Crippen LogP contribution in [-0.4, -0.2) is 25.2 Å². The van der Waals surface area contributed by atoms with Gasteiger partial charge in [0.05, 0.1) is 7.11 Å². The molecule has 5 heteroatoms. The molecule has 0 unspecified atom stereocenters. The molecule has 98 valence electrons. The number of carboxylic acid groups (broad SMARTS) is 1. The third kappa shape index (κ3) is 11.8. The lowest BCUT2D eigenvalue weighted by Gasteiger charge is -2.20. The molecule has 0 spiro atoms. The Morgan fingerprint density at radius 2 is 1.88 bits per heavy atom. The molecule has 1 aliphatic rings. The minimum absolute atomic E-state index is 0. The van der Waals surface area contributed by atoms with Gasteiger partial charge in [0, 0.05) is 13.5 Å². The Kier molecular flexibility index (Phi) is 14.4. The number of hydroxylamine groups is 1. The first kappa shape index (κ1) is 18.1. The van der Waals surface area contributed by atoms with Crippen molar-refractivity contribution in [2.45, 2.75) is 44.9 Å². The Balaban J connectivity index is 0. The zero-order valence-corrected chi connectivity index (χ0v) is 11.0. The van der Waals surface area contributed by atoms with Gasteiger partial charge in [-0.25, -0.2) is 5.48 Å². The van der Waals surface area contributed by atoms with Crippen LogP contribution in [-0.2, 0) is 9.63 Å². The fourth-order valence-corrected chi connectivity index (χ4v) is 1.80. The highest BCUT2D eigenvalue weighted by molar-refractivity contribution is 5.85. The highest BCUT2D eigenvalue weighted by Gasteiger charge is 2.13. The second-order valence-electron chi connectivity index (χ2n) is 3.84. The van der Waals surface area contributed by atoms with Crippen LogP contribution in [0.1, 0.15) is 44.9 Å². The average Bonchev–Trinajstić information content (AvgIpc) is 2.28. The molecule has 0 aromatic rings. The Hall–Kier alpha value is -0.320. The van der Waals surface area contributed by atoms with Gasteiger partial charge in [-0.3, -0.25) is 4.79 Å². The predicted octanol–water partition coefficient (Wildman–Crippen LogP) is 2.62. The topological polar surface area (TPSA) is 58.6 Å². The average molecular weight is 254 g/mol. The number of rotatable bonds is 4. The van der Waals surface area contributed by atoms with Crippen molar-refractivity contribution in [3.05, 3.63) is 0 Å². The number of carboxylic acids is 1. The van der Waals surface area contributed by atoms with Gasteiger partial charge in [0.1, 0.15) is 0 Å². The molecule has 4 nitrogen and oxygen atoms in total. The Bertz CT molecular complexity index is 159. The van der Waals surface area contributed by atoms with E-state index in [1.54, 1.807) is 14.2 Å². The summed E-state index contributed by atoms with van der Waals surface area (Å²) >= 11 is 0. The van der Waals surface area contributed by atoms with Gasteiger partial charge in [-0.1, -0.05) is 32.1 Å². The maximum absolute atomic E-state index is 10.2. The Morgan fingerprint density at radius 1 is 1.38 bits per heavy atom. The second kappa shape index (κ2) is 12.7. The number of nitrogens with one attached hydrogen (secondary N) is 1. The van der Waals surface area contributed by atoms with E-state index in [-0.39, 0.29) is 12.4 Å². The van der Waals surface area contributed by atoms with Gasteiger partial charge in [0.15, 0.2) is 0 Å². The third-order valence-corrected chi connectivity index (χ3v) is 2.70. The van der Waals surface area contributed by atoms with Crippen molar-refractivity contribution in [1.29, 1.82) is 0 Å². The van der Waals surface area contributed by atoms with Crippen molar-refractivity contribution < 1.29 is 14.7 Å². The Morgan fingerprint density at radius 3 is 2.25 bits per heavy atom. The molecule has 0 amide bonds. The van der Waals surface area contributed by atoms with Crippen LogP contribution in [0.25, 0.3) is 0 Å². The van der Waals surface area contributed by atoms with Crippen molar-refractivity contribution in [2.75, 3.05) is 14.2 Å². The summed E-state index contributed by atoms with van der Waals surface area (Å²) in [6.07, 6.45) is 7.75. The van der Waals surface area contributed by atoms with Crippen LogP contribution in [0.4, 0.5) is 0 Å². The van der Waals surface area contributed by atoms with Gasteiger partial charge in [-0.2, -0.15) is 0 Å². The molecule has 0 radical (unpaired) electrons. The summed E-state index contributed by atoms with van der Waals surface area (Å²) in [6, 6.07) is 0. The molecule has 1 saturated carbocycles. The van der Waals surface area contributed by atoms with Crippen LogP contribution < -0.4 is 5.48 Å². The summed E-state index contributed by atoms with van der Waals surface area (Å²) in [5.74, 6) is 0.0652. The van der Waals surface area contributed by atoms with Crippen molar-refractivity contribution in [3.8, 4) is 0 Å². The fourth-order valence-electron chi connectivity index (χ4n) is 1.80. The van der Waals surface area contributed by atoms with E-state index in [9.17, 15) is 4.79 Å². The highest BCUT2D eigenvalue weighted by Crippen LogP contribution is 2.26. The molecule has 0 heterocycles. The van der Waals surface area contributed by atoms with Crippen molar-refractivity contribution in [2.24, 2.45) is 5.92 Å². The zero-order chi connectivity index (χ0) is 11.5. The zero-order valence-electron chi connectivity index (χ0n) is 10.2. The van der Waals surface area contributed by atoms with Crippen molar-refractivity contribution in [3.63, 3.8) is 0 Å². The standard InChI is InChI=1S/C9H16O2.C2H7NO.ClH/c10-9(11)7-6-8-4-2-1-3-5-8;1-3-4-2;/h8H,1-7H2,(H,10,11);3H,1-2H3;1H. The second-order valence-corrected chi connectivity index (χ2v) is 3.84. The van der Waals surface area contributed by atoms with E-state index in [4.69, 9.17) is 5.11 Å². The van der Waals surface area contributed by atoms with Crippen LogP contribution in [0.2, 0.25) is 0 Å². The maximum atomic E-state index is 10.2. The number of carbonyl (C=O) groups is 1. The first-order valence-corrected chi connectivity index (χ1v) is 5.62. The molecule has 16 heavy (non-hydrogen) atoms. The van der Waals surface area contributed by atoms with Crippen LogP contribution in [0.15, 0.2) is 0 Å². The molecule has 0 aliphatic heterocycles. The number of halogens is 1. The number of hydrogen-bond donors (Lipinski definition) is 2. The van der Waals surface area contributed by atoms with E-state index in [0.717, 1.165) is 6.42 Å². The highest BCUT2D eigenvalue weighted by atomic mass is 35.5. The lowest BCUT2D eigenvalue weighted by molar-refractivity contribution is -0.137. The molecule has 0 aromatic carbocycles. The quantitative estimate of drug-likeness (QED) is 0.757. The maximum Gasteiger partial charge on any atom is 0.303 e. The first-order valence-electron chi connectivity index (χ1n) is 5.62. The van der Waals surface area contributed by atoms with Crippen LogP contribution >= 0.6 is 12.4 Å². The van der Waals surface area contributed by atoms with Gasteiger partial charge in [0.2, 0.25) is 0 Å². The van der Waals surface area contributed by atoms with E-state index < -0.39 is 5.97 Å². The smallest absolute Gasteiger partial charge is 0.303 e. The summed E-state index contributed by atoms with van der Waals surface area (Å²) in [7, 11) is 3.28. The summed E-state index contributed by atoms with van der Waals surface area (Å²) in [6.45, 7) is 0. The third-order valence-electron chi connectivity index (χ3n) is 2.70. The molecular formula is C11H24ClNO3. The number of hydrogen-bond acceptors (Lipinski definition) is 3. The summed E-state index contributed by atoms with van der Waals surface area (Å²) < 4.78 is 0. The summed E-state index contributed by atoms with van der Waals surface area (Å²) in [5, 5.41) is 8.44. The number of aliphatic carboxylic acids is 1. The molecule has 1 aliphatic carbocycles. The van der Waals surface area contributed by atoms with Gasteiger partial charge in [-0.05, 0) is 12.3 Å². The van der Waals surface area contributed by atoms with Gasteiger partial charge < -0.3 is 9.94 Å². The largest absolute Gasteiger partial charge is 0.481 e. The van der Waals surface area contributed by atoms with E-state index in [0.29, 0.717) is 12.3 Å². The molecule has 2 N–H and O–H groups in total. The fraction of sp³-hybridized carbons (Fsp3) is 0.909. The summed E-state index contributed by atoms with van der Waals surface area (Å²) in [4.78, 5) is 14.5. The van der Waals surface area contributed by atoms with Gasteiger partial charge in [-0.15, -0.1) is 12.4 Å². The van der Waals surface area contributed by atoms with E-state index >= 15 is 0 Å². The molecule has 1 rings (SSSR count). The van der Waals surface area contributed by atoms with Crippen LogP contribution in [0, 0.1) is 5.92 Å². The van der Waals surface area contributed by atoms with Crippen LogP contribution in [0.3, 0.4) is 0 Å². The molecule has 1 fully saturated rings. The van der Waals surface area contributed by atoms with Gasteiger partial charge >= 0.3 is 5.97 Å². The molecular weight excluding hydrogens is 230 g/mol. The predicted molar refractivity (Wildman–Crippen MR) is 66.8 cm³/mol. The molecule has 0 bridgehead atoms. The molecule has 0 atom stereocenters. The van der Waals surface area contributed by atoms with E-state index in [1.807, 2.05) is 0 Å². The van der Waals surface area contributed by atoms with Gasteiger partial charge in [0.25, 0.3) is 0 Å². The lowest BCUT2D eigenvalue weighted by Crippen LogP contribution is -2.08. The minimum Gasteiger partial charge on any atom is -0.481 e. The lowest BCUT2D eigenvalue weighted by atomic mass is 9.86. The monoisotopic (exact) mass is 253 g/mol. The van der Waals surface area contributed by atoms with E-state index in [1.165, 1.54) is 32.1 Å².